The molecule has 0 aliphatic carbocycles. The number of hydrogen-bond acceptors (Lipinski definition) is 5. The van der Waals surface area contributed by atoms with E-state index in [1.165, 1.54) is 12.1 Å². The van der Waals surface area contributed by atoms with Crippen LogP contribution in [0.25, 0.3) is 0 Å². The molecule has 0 spiro atoms. The summed E-state index contributed by atoms with van der Waals surface area (Å²) < 4.78 is 0. The Morgan fingerprint density at radius 1 is 1.75 bits per heavy atom. The molecule has 0 aromatic carbocycles. The molecule has 1 aliphatic rings. The average molecular weight is 228 g/mol. The van der Waals surface area contributed by atoms with Crippen molar-refractivity contribution in [2.75, 3.05) is 13.7 Å². The second kappa shape index (κ2) is 4.93. The number of hydrazone groups is 1. The van der Waals surface area contributed by atoms with Gasteiger partial charge in [0, 0.05) is 7.05 Å². The van der Waals surface area contributed by atoms with Crippen LogP contribution in [0.3, 0.4) is 0 Å². The van der Waals surface area contributed by atoms with E-state index in [-0.39, 0.29) is 11.7 Å². The fourth-order valence-electron chi connectivity index (χ4n) is 1.36. The molecule has 0 radical (unpaired) electrons. The van der Waals surface area contributed by atoms with Crippen LogP contribution in [0.5, 0.6) is 0 Å². The smallest absolute Gasteiger partial charge is 0.273 e. The minimum atomic E-state index is -0.811. The van der Waals surface area contributed by atoms with Crippen molar-refractivity contribution in [3.63, 3.8) is 0 Å². The number of carbonyl (C=O) groups excluding carboxylic acids is 1. The van der Waals surface area contributed by atoms with Crippen molar-refractivity contribution in [2.45, 2.75) is 26.8 Å². The predicted molar refractivity (Wildman–Crippen MR) is 58.0 cm³/mol. The number of carbonyl (C=O) groups is 1. The SMILES string of the molecule is CCON=C(C)N(O)C1C(=O)N(C)N=C1C. The summed E-state index contributed by atoms with van der Waals surface area (Å²) in [6.07, 6.45) is 0. The largest absolute Gasteiger partial charge is 0.395 e. The number of amides is 1. The van der Waals surface area contributed by atoms with Gasteiger partial charge in [-0.05, 0) is 20.8 Å². The number of nitrogens with zero attached hydrogens (tertiary/aromatic N) is 4. The van der Waals surface area contributed by atoms with Crippen LogP contribution >= 0.6 is 0 Å². The lowest BCUT2D eigenvalue weighted by Gasteiger charge is -2.21. The molecule has 1 aliphatic heterocycles. The average Bonchev–Trinajstić information content (AvgIpc) is 2.49. The van der Waals surface area contributed by atoms with Crippen molar-refractivity contribution >= 4 is 17.5 Å². The molecule has 90 valence electrons. The maximum absolute atomic E-state index is 11.6. The Morgan fingerprint density at radius 2 is 2.38 bits per heavy atom. The van der Waals surface area contributed by atoms with Crippen molar-refractivity contribution in [2.24, 2.45) is 10.3 Å². The summed E-state index contributed by atoms with van der Waals surface area (Å²) in [6, 6.07) is -0.811. The molecule has 0 fully saturated rings. The summed E-state index contributed by atoms with van der Waals surface area (Å²) in [5.74, 6) is -0.0869. The van der Waals surface area contributed by atoms with Crippen LogP contribution in [0.2, 0.25) is 0 Å². The van der Waals surface area contributed by atoms with Gasteiger partial charge in [-0.3, -0.25) is 10.0 Å². The Labute approximate surface area is 93.9 Å². The van der Waals surface area contributed by atoms with Crippen LogP contribution in [0.4, 0.5) is 0 Å². The number of hydroxylamine groups is 2. The molecule has 1 atom stereocenters. The maximum Gasteiger partial charge on any atom is 0.273 e. The number of oxime groups is 1. The van der Waals surface area contributed by atoms with E-state index < -0.39 is 6.04 Å². The molecule has 0 aromatic heterocycles. The molecule has 1 rings (SSSR count). The molecule has 7 nitrogen and oxygen atoms in total. The second-order valence-corrected chi connectivity index (χ2v) is 3.41. The first-order chi connectivity index (χ1) is 7.49. The van der Waals surface area contributed by atoms with Crippen molar-refractivity contribution in [1.82, 2.24) is 10.1 Å². The first kappa shape index (κ1) is 12.4. The molecule has 7 heteroatoms. The third kappa shape index (κ3) is 2.30. The zero-order chi connectivity index (χ0) is 12.3. The van der Waals surface area contributed by atoms with E-state index in [1.807, 2.05) is 0 Å². The number of hydrogen-bond donors (Lipinski definition) is 1. The molecular weight excluding hydrogens is 212 g/mol. The molecule has 0 aromatic rings. The number of rotatable bonds is 3. The minimum absolute atomic E-state index is 0.213. The Kier molecular flexibility index (Phi) is 3.83. The molecule has 1 heterocycles. The molecule has 0 saturated carbocycles. The summed E-state index contributed by atoms with van der Waals surface area (Å²) in [4.78, 5) is 16.4. The lowest BCUT2D eigenvalue weighted by Crippen LogP contribution is -2.46. The van der Waals surface area contributed by atoms with Gasteiger partial charge in [-0.1, -0.05) is 5.16 Å². The summed E-state index contributed by atoms with van der Waals surface area (Å²) in [5, 5.41) is 19.3. The van der Waals surface area contributed by atoms with Gasteiger partial charge in [0.25, 0.3) is 5.91 Å². The maximum atomic E-state index is 11.6. The van der Waals surface area contributed by atoms with Gasteiger partial charge in [0.05, 0.1) is 5.71 Å². The fourth-order valence-corrected chi connectivity index (χ4v) is 1.36. The number of amidine groups is 1. The van der Waals surface area contributed by atoms with Crippen LogP contribution in [-0.2, 0) is 9.63 Å². The van der Waals surface area contributed by atoms with Crippen LogP contribution in [0.1, 0.15) is 20.8 Å². The Hall–Kier alpha value is -1.63. The van der Waals surface area contributed by atoms with E-state index in [4.69, 9.17) is 4.84 Å². The highest BCUT2D eigenvalue weighted by Crippen LogP contribution is 2.12. The van der Waals surface area contributed by atoms with Gasteiger partial charge in [0.15, 0.2) is 11.9 Å². The minimum Gasteiger partial charge on any atom is -0.395 e. The lowest BCUT2D eigenvalue weighted by atomic mass is 10.2. The molecule has 0 saturated heterocycles. The fraction of sp³-hybridized carbons (Fsp3) is 0.667. The van der Waals surface area contributed by atoms with Gasteiger partial charge in [-0.25, -0.2) is 10.1 Å². The third-order valence-corrected chi connectivity index (χ3v) is 2.16. The predicted octanol–water partition coefficient (Wildman–Crippen LogP) is 0.264. The van der Waals surface area contributed by atoms with Gasteiger partial charge < -0.3 is 4.84 Å². The van der Waals surface area contributed by atoms with Gasteiger partial charge in [-0.2, -0.15) is 5.10 Å². The molecule has 1 N–H and O–H groups in total. The monoisotopic (exact) mass is 228 g/mol. The highest BCUT2D eigenvalue weighted by Gasteiger charge is 2.36. The zero-order valence-corrected chi connectivity index (χ0v) is 9.84. The first-order valence-electron chi connectivity index (χ1n) is 4.96. The molecule has 1 unspecified atom stereocenters. The molecule has 0 bridgehead atoms. The third-order valence-electron chi connectivity index (χ3n) is 2.16. The topological polar surface area (TPSA) is 77.7 Å². The van der Waals surface area contributed by atoms with Crippen molar-refractivity contribution in [3.8, 4) is 0 Å². The van der Waals surface area contributed by atoms with Crippen molar-refractivity contribution in [3.05, 3.63) is 0 Å². The summed E-state index contributed by atoms with van der Waals surface area (Å²) >= 11 is 0. The standard InChI is InChI=1S/C9H16N4O3/c1-5-16-11-7(3)13(15)8-6(2)10-12(4)9(8)14/h8,15H,5H2,1-4H3. The Morgan fingerprint density at radius 3 is 2.81 bits per heavy atom. The molecular formula is C9H16N4O3. The van der Waals surface area contributed by atoms with E-state index >= 15 is 0 Å². The van der Waals surface area contributed by atoms with E-state index in [2.05, 4.69) is 10.3 Å². The second-order valence-electron chi connectivity index (χ2n) is 3.41. The first-order valence-corrected chi connectivity index (χ1v) is 4.96. The molecule has 1 amide bonds. The van der Waals surface area contributed by atoms with Crippen LogP contribution in [0.15, 0.2) is 10.3 Å². The highest BCUT2D eigenvalue weighted by molar-refractivity contribution is 6.12. The Balaban J connectivity index is 2.78. The lowest BCUT2D eigenvalue weighted by molar-refractivity contribution is -0.138. The zero-order valence-electron chi connectivity index (χ0n) is 9.84. The van der Waals surface area contributed by atoms with Crippen molar-refractivity contribution in [1.29, 1.82) is 0 Å². The quantitative estimate of drug-likeness (QED) is 0.427. The van der Waals surface area contributed by atoms with Crippen molar-refractivity contribution < 1.29 is 14.8 Å². The van der Waals surface area contributed by atoms with E-state index in [0.29, 0.717) is 12.3 Å². The normalized spacial score (nSPS) is 21.2. The van der Waals surface area contributed by atoms with Gasteiger partial charge in [0.1, 0.15) is 6.61 Å². The van der Waals surface area contributed by atoms with Crippen LogP contribution in [-0.4, -0.2) is 52.4 Å². The van der Waals surface area contributed by atoms with Gasteiger partial charge in [0.2, 0.25) is 0 Å². The van der Waals surface area contributed by atoms with E-state index in [0.717, 1.165) is 5.06 Å². The van der Waals surface area contributed by atoms with Crippen LogP contribution in [0, 0.1) is 0 Å². The summed E-state index contributed by atoms with van der Waals surface area (Å²) in [6.45, 7) is 5.40. The number of likely N-dealkylation sites (N-methyl/N-ethyl adjacent to an activating group) is 1. The Bertz CT molecular complexity index is 340. The molecule has 16 heavy (non-hydrogen) atoms. The highest BCUT2D eigenvalue weighted by atomic mass is 16.6. The van der Waals surface area contributed by atoms with E-state index in [9.17, 15) is 10.0 Å². The van der Waals surface area contributed by atoms with Gasteiger partial charge >= 0.3 is 0 Å². The summed E-state index contributed by atoms with van der Waals surface area (Å²) in [7, 11) is 1.54. The van der Waals surface area contributed by atoms with Gasteiger partial charge in [-0.15, -0.1) is 0 Å². The summed E-state index contributed by atoms with van der Waals surface area (Å²) in [5.41, 5.74) is 0.515. The van der Waals surface area contributed by atoms with Crippen LogP contribution < -0.4 is 0 Å². The van der Waals surface area contributed by atoms with E-state index in [1.54, 1.807) is 20.8 Å².